The molecule has 0 aliphatic heterocycles. The molecule has 0 unspecified atom stereocenters. The van der Waals surface area contributed by atoms with Gasteiger partial charge >= 0.3 is 0 Å². The second-order valence-corrected chi connectivity index (χ2v) is 9.68. The maximum atomic E-state index is 12.7. The van der Waals surface area contributed by atoms with E-state index in [-0.39, 0.29) is 10.5 Å². The molecule has 4 aromatic rings. The first kappa shape index (κ1) is 22.4. The maximum absolute atomic E-state index is 12.7. The minimum absolute atomic E-state index is 0.0280. The van der Waals surface area contributed by atoms with Crippen molar-refractivity contribution in [2.24, 2.45) is 7.05 Å². The number of nitrogens with two attached hydrogens (primary N) is 1. The van der Waals surface area contributed by atoms with Crippen LogP contribution in [-0.4, -0.2) is 26.0 Å². The van der Waals surface area contributed by atoms with E-state index in [0.29, 0.717) is 17.9 Å². The fourth-order valence-corrected chi connectivity index (χ4v) is 4.80. The van der Waals surface area contributed by atoms with Gasteiger partial charge in [0.15, 0.2) is 0 Å². The molecule has 8 heteroatoms. The number of aryl methyl sites for hydroxylation is 2. The number of nitrogen functional groups attached to an aromatic ring is 1. The average molecular weight is 464 g/mol. The summed E-state index contributed by atoms with van der Waals surface area (Å²) in [7, 11) is -0.491. The first-order valence-corrected chi connectivity index (χ1v) is 11.8. The van der Waals surface area contributed by atoms with Crippen LogP contribution in [0, 0.1) is 6.92 Å². The van der Waals surface area contributed by atoms with Crippen LogP contribution < -0.4 is 15.2 Å². The number of hydrogen-bond acceptors (Lipinski definition) is 5. The summed E-state index contributed by atoms with van der Waals surface area (Å²) in [5.74, 6) is -0.227. The molecule has 33 heavy (non-hydrogen) atoms. The zero-order valence-electron chi connectivity index (χ0n) is 18.6. The lowest BCUT2D eigenvalue weighted by atomic mass is 10.0. The quantitative estimate of drug-likeness (QED) is 0.424. The first-order valence-electron chi connectivity index (χ1n) is 10.3. The molecule has 0 fully saturated rings. The number of nitrogens with zero attached hydrogens (tertiary/aromatic N) is 1. The Morgan fingerprint density at radius 1 is 1.03 bits per heavy atom. The summed E-state index contributed by atoms with van der Waals surface area (Å²) in [5, 5.41) is 1.05. The Kier molecular flexibility index (Phi) is 5.86. The summed E-state index contributed by atoms with van der Waals surface area (Å²) in [6.45, 7) is 1.86. The number of benzene rings is 3. The summed E-state index contributed by atoms with van der Waals surface area (Å²) in [6.07, 6.45) is 2.60. The summed E-state index contributed by atoms with van der Waals surface area (Å²) in [5.41, 5.74) is 10.8. The minimum atomic E-state index is -3.98. The molecule has 7 nitrogen and oxygen atoms in total. The van der Waals surface area contributed by atoms with Crippen molar-refractivity contribution >= 4 is 32.5 Å². The first-order chi connectivity index (χ1) is 15.7. The topological polar surface area (TPSA) is 103 Å². The Bertz CT molecular complexity index is 1460. The van der Waals surface area contributed by atoms with Gasteiger partial charge in [-0.1, -0.05) is 23.8 Å². The third-order valence-electron chi connectivity index (χ3n) is 5.58. The van der Waals surface area contributed by atoms with Gasteiger partial charge in [0.25, 0.3) is 15.9 Å². The predicted octanol–water partition coefficient (Wildman–Crippen LogP) is 3.79. The van der Waals surface area contributed by atoms with Crippen LogP contribution in [0.15, 0.2) is 71.8 Å². The van der Waals surface area contributed by atoms with E-state index in [2.05, 4.69) is 4.72 Å². The Morgan fingerprint density at radius 2 is 1.76 bits per heavy atom. The Hall–Kier alpha value is -3.78. The van der Waals surface area contributed by atoms with Gasteiger partial charge in [-0.05, 0) is 60.5 Å². The van der Waals surface area contributed by atoms with Crippen LogP contribution in [0.5, 0.6) is 5.75 Å². The molecule has 170 valence electrons. The van der Waals surface area contributed by atoms with Gasteiger partial charge in [-0.2, -0.15) is 0 Å². The third kappa shape index (κ3) is 4.56. The van der Waals surface area contributed by atoms with Crippen molar-refractivity contribution in [3.8, 4) is 5.75 Å². The van der Waals surface area contributed by atoms with Gasteiger partial charge in [0, 0.05) is 41.8 Å². The SMILES string of the molecule is COc1cc(C(=O)NS(=O)(=O)c2ccc(C)cc2)ccc1Cc1cn(C)c2ccc(N)cc12. The molecule has 0 saturated heterocycles. The van der Waals surface area contributed by atoms with Crippen molar-refractivity contribution in [2.75, 3.05) is 12.8 Å². The number of rotatable bonds is 6. The molecule has 0 radical (unpaired) electrons. The molecule has 0 spiro atoms. The van der Waals surface area contributed by atoms with Crippen molar-refractivity contribution < 1.29 is 17.9 Å². The zero-order chi connectivity index (χ0) is 23.8. The van der Waals surface area contributed by atoms with Crippen molar-refractivity contribution in [2.45, 2.75) is 18.2 Å². The van der Waals surface area contributed by atoms with Crippen LogP contribution >= 0.6 is 0 Å². The molecule has 1 heterocycles. The summed E-state index contributed by atoms with van der Waals surface area (Å²) < 4.78 is 34.8. The fraction of sp³-hybridized carbons (Fsp3) is 0.160. The summed E-state index contributed by atoms with van der Waals surface area (Å²) in [6, 6.07) is 17.0. The smallest absolute Gasteiger partial charge is 0.265 e. The molecule has 3 N–H and O–H groups in total. The van der Waals surface area contributed by atoms with Crippen LogP contribution in [-0.2, 0) is 23.5 Å². The highest BCUT2D eigenvalue weighted by Gasteiger charge is 2.20. The Balaban J connectivity index is 1.60. The Morgan fingerprint density at radius 3 is 2.45 bits per heavy atom. The monoisotopic (exact) mass is 463 g/mol. The maximum Gasteiger partial charge on any atom is 0.265 e. The normalized spacial score (nSPS) is 11.5. The van der Waals surface area contributed by atoms with Crippen molar-refractivity contribution in [1.29, 1.82) is 0 Å². The number of hydrogen-bond donors (Lipinski definition) is 2. The molecule has 0 aliphatic carbocycles. The van der Waals surface area contributed by atoms with Gasteiger partial charge in [0.05, 0.1) is 12.0 Å². The third-order valence-corrected chi connectivity index (χ3v) is 6.93. The summed E-state index contributed by atoms with van der Waals surface area (Å²) >= 11 is 0. The number of anilines is 1. The van der Waals surface area contributed by atoms with Gasteiger partial charge in [-0.25, -0.2) is 13.1 Å². The number of methoxy groups -OCH3 is 1. The van der Waals surface area contributed by atoms with Crippen LogP contribution in [0.25, 0.3) is 10.9 Å². The summed E-state index contributed by atoms with van der Waals surface area (Å²) in [4.78, 5) is 12.7. The van der Waals surface area contributed by atoms with E-state index in [9.17, 15) is 13.2 Å². The number of amides is 1. The van der Waals surface area contributed by atoms with E-state index in [1.807, 2.05) is 42.9 Å². The second-order valence-electron chi connectivity index (χ2n) is 7.99. The minimum Gasteiger partial charge on any atom is -0.496 e. The second kappa shape index (κ2) is 8.63. The lowest BCUT2D eigenvalue weighted by Gasteiger charge is -2.12. The van der Waals surface area contributed by atoms with Crippen molar-refractivity contribution in [3.05, 3.63) is 89.1 Å². The van der Waals surface area contributed by atoms with Crippen molar-refractivity contribution in [3.63, 3.8) is 0 Å². The van der Waals surface area contributed by atoms with Gasteiger partial charge in [0.2, 0.25) is 0 Å². The van der Waals surface area contributed by atoms with E-state index in [4.69, 9.17) is 10.5 Å². The van der Waals surface area contributed by atoms with Crippen molar-refractivity contribution in [1.82, 2.24) is 9.29 Å². The van der Waals surface area contributed by atoms with Crippen LogP contribution in [0.3, 0.4) is 0 Å². The lowest BCUT2D eigenvalue weighted by Crippen LogP contribution is -2.30. The lowest BCUT2D eigenvalue weighted by molar-refractivity contribution is 0.0981. The highest BCUT2D eigenvalue weighted by atomic mass is 32.2. The standard InChI is InChI=1S/C25H25N3O4S/c1-16-4-9-21(10-5-16)33(30,31)27-25(29)18-7-6-17(24(13-18)32-3)12-19-15-28(2)23-11-8-20(26)14-22(19)23/h4-11,13-15H,12,26H2,1-3H3,(H,27,29). The molecule has 1 amide bonds. The Labute approximate surface area is 192 Å². The molecular formula is C25H25N3O4S. The van der Waals surface area contributed by atoms with Crippen LogP contribution in [0.2, 0.25) is 0 Å². The molecule has 0 atom stereocenters. The van der Waals surface area contributed by atoms with E-state index in [1.165, 1.54) is 19.2 Å². The largest absolute Gasteiger partial charge is 0.496 e. The number of carbonyl (C=O) groups is 1. The number of fused-ring (bicyclic) bond motifs is 1. The molecule has 4 rings (SSSR count). The zero-order valence-corrected chi connectivity index (χ0v) is 19.4. The molecule has 0 bridgehead atoms. The highest BCUT2D eigenvalue weighted by Crippen LogP contribution is 2.29. The van der Waals surface area contributed by atoms with Gasteiger partial charge in [-0.15, -0.1) is 0 Å². The average Bonchev–Trinajstić information content (AvgIpc) is 3.08. The predicted molar refractivity (Wildman–Crippen MR) is 129 cm³/mol. The number of sulfonamides is 1. The molecule has 1 aromatic heterocycles. The van der Waals surface area contributed by atoms with E-state index >= 15 is 0 Å². The van der Waals surface area contributed by atoms with Gasteiger partial charge in [0.1, 0.15) is 5.75 Å². The van der Waals surface area contributed by atoms with E-state index < -0.39 is 15.9 Å². The number of carbonyl (C=O) groups excluding carboxylic acids is 1. The number of aromatic nitrogens is 1. The van der Waals surface area contributed by atoms with E-state index in [1.54, 1.807) is 30.3 Å². The molecular weight excluding hydrogens is 438 g/mol. The number of ether oxygens (including phenoxy) is 1. The number of nitrogens with one attached hydrogen (secondary N) is 1. The molecule has 3 aromatic carbocycles. The van der Waals surface area contributed by atoms with Gasteiger partial charge < -0.3 is 15.0 Å². The van der Waals surface area contributed by atoms with E-state index in [0.717, 1.165) is 27.6 Å². The fourth-order valence-electron chi connectivity index (χ4n) is 3.83. The van der Waals surface area contributed by atoms with Gasteiger partial charge in [-0.3, -0.25) is 4.79 Å². The molecule has 0 aliphatic rings. The van der Waals surface area contributed by atoms with Crippen LogP contribution in [0.1, 0.15) is 27.0 Å². The molecule has 0 saturated carbocycles. The van der Waals surface area contributed by atoms with Crippen LogP contribution in [0.4, 0.5) is 5.69 Å². The highest BCUT2D eigenvalue weighted by molar-refractivity contribution is 7.90.